The molecule has 0 saturated carbocycles. The van der Waals surface area contributed by atoms with E-state index < -0.39 is 29.5 Å². The summed E-state index contributed by atoms with van der Waals surface area (Å²) in [5.74, 6) is -0.550. The molecule has 1 aromatic carbocycles. The molecule has 2 aromatic rings. The molecule has 12 heteroatoms. The minimum Gasteiger partial charge on any atom is -0.485 e. The number of aromatic nitrogens is 2. The smallest absolute Gasteiger partial charge is 0.434 e. The number of nitrogens with zero attached hydrogens (tertiary/aromatic N) is 4. The van der Waals surface area contributed by atoms with Gasteiger partial charge in [0.2, 0.25) is 12.1 Å². The largest absolute Gasteiger partial charge is 0.485 e. The molecule has 1 aromatic heterocycles. The average molecular weight is 466 g/mol. The van der Waals surface area contributed by atoms with Gasteiger partial charge in [0.05, 0.1) is 7.11 Å². The summed E-state index contributed by atoms with van der Waals surface area (Å²) in [6.07, 6.45) is -4.36. The van der Waals surface area contributed by atoms with Gasteiger partial charge in [-0.15, -0.1) is 0 Å². The third kappa shape index (κ3) is 4.78. The van der Waals surface area contributed by atoms with Gasteiger partial charge < -0.3 is 24.0 Å². The molecule has 2 aliphatic heterocycles. The van der Waals surface area contributed by atoms with Crippen molar-refractivity contribution in [3.63, 3.8) is 0 Å². The normalized spacial score (nSPS) is 18.5. The van der Waals surface area contributed by atoms with Crippen molar-refractivity contribution in [2.45, 2.75) is 18.7 Å². The second-order valence-corrected chi connectivity index (χ2v) is 7.45. The molecule has 0 bridgehead atoms. The van der Waals surface area contributed by atoms with E-state index in [1.807, 2.05) is 0 Å². The van der Waals surface area contributed by atoms with Gasteiger partial charge in [-0.25, -0.2) is 14.8 Å². The number of halogens is 3. The molecule has 1 amide bonds. The Kier molecular flexibility index (Phi) is 6.25. The highest BCUT2D eigenvalue weighted by Crippen LogP contribution is 2.33. The first-order chi connectivity index (χ1) is 15.8. The van der Waals surface area contributed by atoms with Crippen LogP contribution in [-0.2, 0) is 15.7 Å². The first kappa shape index (κ1) is 22.6. The van der Waals surface area contributed by atoms with Crippen molar-refractivity contribution in [2.75, 3.05) is 44.8 Å². The van der Waals surface area contributed by atoms with Crippen LogP contribution in [0.4, 0.5) is 19.1 Å². The van der Waals surface area contributed by atoms with Crippen LogP contribution >= 0.6 is 0 Å². The number of esters is 1. The van der Waals surface area contributed by atoms with E-state index in [1.54, 1.807) is 34.1 Å². The molecule has 3 heterocycles. The van der Waals surface area contributed by atoms with Gasteiger partial charge in [0, 0.05) is 32.4 Å². The van der Waals surface area contributed by atoms with E-state index in [-0.39, 0.29) is 31.6 Å². The lowest BCUT2D eigenvalue weighted by molar-refractivity contribution is -0.142. The maximum Gasteiger partial charge on any atom is 0.434 e. The standard InChI is InChI=1S/C21H21F3N4O5/c1-31-19(30)13-11-25-20(26-17(13)21(22,23)24)28-8-4-7-27(9-10-28)18(29)16-12-32-14-5-2-3-6-15(14)33-16/h2-3,5-6,11,16H,4,7-10,12H2,1H3/t16-/m1/s1. The summed E-state index contributed by atoms with van der Waals surface area (Å²) in [4.78, 5) is 35.3. The van der Waals surface area contributed by atoms with E-state index in [9.17, 15) is 22.8 Å². The Hall–Kier alpha value is -3.57. The van der Waals surface area contributed by atoms with Gasteiger partial charge in [-0.2, -0.15) is 13.2 Å². The summed E-state index contributed by atoms with van der Waals surface area (Å²) in [7, 11) is 0.983. The Morgan fingerprint density at radius 3 is 2.61 bits per heavy atom. The fourth-order valence-corrected chi connectivity index (χ4v) is 3.68. The van der Waals surface area contributed by atoms with E-state index in [0.29, 0.717) is 31.0 Å². The molecule has 1 fully saturated rings. The number of para-hydroxylation sites is 2. The van der Waals surface area contributed by atoms with Crippen molar-refractivity contribution >= 4 is 17.8 Å². The molecule has 0 N–H and O–H groups in total. The second kappa shape index (κ2) is 9.12. The highest BCUT2D eigenvalue weighted by molar-refractivity contribution is 5.90. The van der Waals surface area contributed by atoms with Crippen LogP contribution in [0, 0.1) is 0 Å². The lowest BCUT2D eigenvalue weighted by atomic mass is 10.2. The predicted molar refractivity (Wildman–Crippen MR) is 108 cm³/mol. The van der Waals surface area contributed by atoms with Crippen LogP contribution in [0.3, 0.4) is 0 Å². The molecular formula is C21H21F3N4O5. The zero-order valence-corrected chi connectivity index (χ0v) is 17.7. The van der Waals surface area contributed by atoms with Gasteiger partial charge in [-0.05, 0) is 18.6 Å². The van der Waals surface area contributed by atoms with E-state index in [4.69, 9.17) is 9.47 Å². The van der Waals surface area contributed by atoms with E-state index in [2.05, 4.69) is 14.7 Å². The van der Waals surface area contributed by atoms with Gasteiger partial charge in [0.15, 0.2) is 17.2 Å². The van der Waals surface area contributed by atoms with Gasteiger partial charge in [-0.1, -0.05) is 12.1 Å². The number of hydrogen-bond acceptors (Lipinski definition) is 8. The van der Waals surface area contributed by atoms with Crippen LogP contribution < -0.4 is 14.4 Å². The van der Waals surface area contributed by atoms with Crippen LogP contribution in [0.25, 0.3) is 0 Å². The summed E-state index contributed by atoms with van der Waals surface area (Å²) in [6, 6.07) is 7.05. The highest BCUT2D eigenvalue weighted by Gasteiger charge is 2.39. The number of hydrogen-bond donors (Lipinski definition) is 0. The van der Waals surface area contributed by atoms with Crippen molar-refractivity contribution in [2.24, 2.45) is 0 Å². The van der Waals surface area contributed by atoms with Crippen LogP contribution in [0.1, 0.15) is 22.5 Å². The maximum atomic E-state index is 13.5. The van der Waals surface area contributed by atoms with Crippen LogP contribution in [-0.4, -0.2) is 72.7 Å². The molecule has 33 heavy (non-hydrogen) atoms. The van der Waals surface area contributed by atoms with E-state index >= 15 is 0 Å². The quantitative estimate of drug-likeness (QED) is 0.636. The molecule has 0 spiro atoms. The molecule has 0 aliphatic carbocycles. The van der Waals surface area contributed by atoms with Gasteiger partial charge in [-0.3, -0.25) is 4.79 Å². The average Bonchev–Trinajstić information content (AvgIpc) is 3.08. The Morgan fingerprint density at radius 1 is 1.12 bits per heavy atom. The number of fused-ring (bicyclic) bond motifs is 1. The lowest BCUT2D eigenvalue weighted by Gasteiger charge is -2.30. The first-order valence-electron chi connectivity index (χ1n) is 10.2. The molecule has 2 aliphatic rings. The summed E-state index contributed by atoms with van der Waals surface area (Å²) in [6.45, 7) is 1.25. The van der Waals surface area contributed by atoms with Crippen LogP contribution in [0.2, 0.25) is 0 Å². The summed E-state index contributed by atoms with van der Waals surface area (Å²) in [5, 5.41) is 0. The molecule has 176 valence electrons. The van der Waals surface area contributed by atoms with Crippen molar-refractivity contribution < 1.29 is 37.0 Å². The van der Waals surface area contributed by atoms with E-state index in [1.165, 1.54) is 0 Å². The number of anilines is 1. The van der Waals surface area contributed by atoms with Gasteiger partial charge in [0.1, 0.15) is 12.2 Å². The van der Waals surface area contributed by atoms with Gasteiger partial charge in [0.25, 0.3) is 5.91 Å². The van der Waals surface area contributed by atoms with Crippen molar-refractivity contribution in [3.8, 4) is 11.5 Å². The Bertz CT molecular complexity index is 1050. The minimum absolute atomic E-state index is 0.0725. The fourth-order valence-electron chi connectivity index (χ4n) is 3.68. The maximum absolute atomic E-state index is 13.5. The number of amides is 1. The second-order valence-electron chi connectivity index (χ2n) is 7.45. The predicted octanol–water partition coefficient (Wildman–Crippen LogP) is 2.16. The highest BCUT2D eigenvalue weighted by atomic mass is 19.4. The number of alkyl halides is 3. The topological polar surface area (TPSA) is 94.1 Å². The number of methoxy groups -OCH3 is 1. The van der Waals surface area contributed by atoms with Crippen LogP contribution in [0.15, 0.2) is 30.5 Å². The third-order valence-electron chi connectivity index (χ3n) is 5.32. The summed E-state index contributed by atoms with van der Waals surface area (Å²) < 4.78 is 56.2. The zero-order chi connectivity index (χ0) is 23.6. The minimum atomic E-state index is -4.86. The SMILES string of the molecule is COC(=O)c1cnc(N2CCCN(C(=O)[C@H]3COc4ccccc4O3)CC2)nc1C(F)(F)F. The number of benzene rings is 1. The molecule has 1 saturated heterocycles. The Balaban J connectivity index is 1.46. The first-order valence-corrected chi connectivity index (χ1v) is 10.2. The molecule has 0 unspecified atom stereocenters. The summed E-state index contributed by atoms with van der Waals surface area (Å²) in [5.41, 5.74) is -2.11. The number of ether oxygens (including phenoxy) is 3. The number of rotatable bonds is 3. The third-order valence-corrected chi connectivity index (χ3v) is 5.32. The summed E-state index contributed by atoms with van der Waals surface area (Å²) >= 11 is 0. The molecule has 0 radical (unpaired) electrons. The number of carbonyl (C=O) groups excluding carboxylic acids is 2. The molecular weight excluding hydrogens is 445 g/mol. The van der Waals surface area contributed by atoms with E-state index in [0.717, 1.165) is 13.3 Å². The fraction of sp³-hybridized carbons (Fsp3) is 0.429. The van der Waals surface area contributed by atoms with Crippen molar-refractivity contribution in [3.05, 3.63) is 41.7 Å². The number of carbonyl (C=O) groups is 2. The van der Waals surface area contributed by atoms with Crippen molar-refractivity contribution in [1.82, 2.24) is 14.9 Å². The van der Waals surface area contributed by atoms with Crippen LogP contribution in [0.5, 0.6) is 11.5 Å². The van der Waals surface area contributed by atoms with Gasteiger partial charge >= 0.3 is 12.1 Å². The molecule has 4 rings (SSSR count). The monoisotopic (exact) mass is 466 g/mol. The molecule has 9 nitrogen and oxygen atoms in total. The molecule has 1 atom stereocenters. The Morgan fingerprint density at radius 2 is 1.88 bits per heavy atom. The Labute approximate surface area is 187 Å². The van der Waals surface area contributed by atoms with Crippen molar-refractivity contribution in [1.29, 1.82) is 0 Å². The zero-order valence-electron chi connectivity index (χ0n) is 17.7. The lowest BCUT2D eigenvalue weighted by Crippen LogP contribution is -2.47.